The van der Waals surface area contributed by atoms with Crippen LogP contribution in [-0.2, 0) is 19.0 Å². The monoisotopic (exact) mass is 214 g/mol. The molecule has 0 unspecified atom stereocenters. The van der Waals surface area contributed by atoms with Crippen LogP contribution in [0, 0.1) is 0 Å². The summed E-state index contributed by atoms with van der Waals surface area (Å²) in [5, 5.41) is 0. The van der Waals surface area contributed by atoms with Crippen LogP contribution in [0.15, 0.2) is 11.8 Å². The molecule has 0 atom stereocenters. The van der Waals surface area contributed by atoms with E-state index in [0.717, 1.165) is 0 Å². The molecule has 84 valence electrons. The Morgan fingerprint density at radius 1 is 1.53 bits per heavy atom. The number of cyclic esters (lactones) is 2. The van der Waals surface area contributed by atoms with Crippen molar-refractivity contribution in [2.24, 2.45) is 0 Å². The summed E-state index contributed by atoms with van der Waals surface area (Å²) in [6.45, 7) is 5.08. The normalized spacial score (nSPS) is 21.0. The summed E-state index contributed by atoms with van der Waals surface area (Å²) >= 11 is 0. The molecule has 5 heteroatoms. The minimum Gasteiger partial charge on any atom is -0.466 e. The Hall–Kier alpha value is -1.52. The molecule has 0 aliphatic carbocycles. The Balaban J connectivity index is 2.45. The van der Waals surface area contributed by atoms with Gasteiger partial charge in [0.2, 0.25) is 0 Å². The van der Waals surface area contributed by atoms with Gasteiger partial charge in [-0.25, -0.2) is 4.79 Å². The van der Waals surface area contributed by atoms with Gasteiger partial charge in [0.1, 0.15) is 0 Å². The van der Waals surface area contributed by atoms with Crippen LogP contribution >= 0.6 is 0 Å². The Kier molecular flexibility index (Phi) is 3.34. The van der Waals surface area contributed by atoms with Crippen molar-refractivity contribution in [2.75, 3.05) is 6.61 Å². The highest BCUT2D eigenvalue weighted by molar-refractivity contribution is 5.66. The van der Waals surface area contributed by atoms with Gasteiger partial charge in [-0.2, -0.15) is 0 Å². The average Bonchev–Trinajstić information content (AvgIpc) is 2.33. The minimum absolute atomic E-state index is 0.270. The molecule has 0 N–H and O–H groups in total. The highest BCUT2D eigenvalue weighted by Crippen LogP contribution is 2.29. The molecular formula is C10H14O5. The Morgan fingerprint density at radius 3 is 2.67 bits per heavy atom. The third-order valence-electron chi connectivity index (χ3n) is 1.88. The molecule has 0 spiro atoms. The topological polar surface area (TPSA) is 61.8 Å². The van der Waals surface area contributed by atoms with E-state index in [0.29, 0.717) is 12.2 Å². The highest BCUT2D eigenvalue weighted by atomic mass is 16.8. The number of esters is 1. The van der Waals surface area contributed by atoms with Crippen LogP contribution in [0.3, 0.4) is 0 Å². The van der Waals surface area contributed by atoms with Crippen molar-refractivity contribution < 1.29 is 23.8 Å². The second-order valence-electron chi connectivity index (χ2n) is 3.66. The van der Waals surface area contributed by atoms with Crippen molar-refractivity contribution in [3.63, 3.8) is 0 Å². The molecule has 0 aromatic heterocycles. The van der Waals surface area contributed by atoms with E-state index in [-0.39, 0.29) is 12.6 Å². The predicted octanol–water partition coefficient (Wildman–Crippen LogP) is 1.77. The zero-order chi connectivity index (χ0) is 11.5. The standard InChI is InChI=1S/C10H14O5/c1-7(11)13-6-4-5-8-10(2,3)15-9(12)14-8/h5H,4,6H2,1-3H3/b8-5-. The first-order valence-corrected chi connectivity index (χ1v) is 4.66. The van der Waals surface area contributed by atoms with Crippen LogP contribution in [0.2, 0.25) is 0 Å². The van der Waals surface area contributed by atoms with Crippen LogP contribution in [0.5, 0.6) is 0 Å². The maximum atomic E-state index is 10.8. The summed E-state index contributed by atoms with van der Waals surface area (Å²) in [6, 6.07) is 0. The number of hydrogen-bond donors (Lipinski definition) is 0. The van der Waals surface area contributed by atoms with Crippen molar-refractivity contribution in [3.8, 4) is 0 Å². The largest absolute Gasteiger partial charge is 0.514 e. The molecule has 1 rings (SSSR count). The molecule has 1 aliphatic heterocycles. The van der Waals surface area contributed by atoms with Crippen molar-refractivity contribution in [1.29, 1.82) is 0 Å². The fourth-order valence-corrected chi connectivity index (χ4v) is 1.17. The lowest BCUT2D eigenvalue weighted by Gasteiger charge is -2.13. The van der Waals surface area contributed by atoms with Gasteiger partial charge in [0.15, 0.2) is 11.4 Å². The molecule has 0 aromatic carbocycles. The van der Waals surface area contributed by atoms with E-state index in [9.17, 15) is 9.59 Å². The zero-order valence-electron chi connectivity index (χ0n) is 9.03. The van der Waals surface area contributed by atoms with E-state index in [1.54, 1.807) is 19.9 Å². The second kappa shape index (κ2) is 4.33. The molecule has 0 aromatic rings. The fourth-order valence-electron chi connectivity index (χ4n) is 1.17. The average molecular weight is 214 g/mol. The summed E-state index contributed by atoms with van der Waals surface area (Å²) in [4.78, 5) is 21.3. The third kappa shape index (κ3) is 3.27. The van der Waals surface area contributed by atoms with Gasteiger partial charge in [0.05, 0.1) is 6.61 Å². The van der Waals surface area contributed by atoms with E-state index in [2.05, 4.69) is 0 Å². The van der Waals surface area contributed by atoms with E-state index in [4.69, 9.17) is 14.2 Å². The molecule has 1 aliphatic rings. The number of ether oxygens (including phenoxy) is 3. The molecule has 5 nitrogen and oxygen atoms in total. The van der Waals surface area contributed by atoms with E-state index in [1.807, 2.05) is 0 Å². The van der Waals surface area contributed by atoms with Crippen molar-refractivity contribution in [1.82, 2.24) is 0 Å². The van der Waals surface area contributed by atoms with Crippen LogP contribution in [0.1, 0.15) is 27.2 Å². The van der Waals surface area contributed by atoms with Crippen LogP contribution in [0.4, 0.5) is 4.79 Å². The van der Waals surface area contributed by atoms with Gasteiger partial charge in [0, 0.05) is 13.3 Å². The number of rotatable bonds is 3. The smallest absolute Gasteiger partial charge is 0.466 e. The van der Waals surface area contributed by atoms with Gasteiger partial charge in [0.25, 0.3) is 0 Å². The molecule has 1 fully saturated rings. The van der Waals surface area contributed by atoms with Crippen LogP contribution < -0.4 is 0 Å². The molecular weight excluding hydrogens is 200 g/mol. The maximum absolute atomic E-state index is 10.8. The van der Waals surface area contributed by atoms with Crippen molar-refractivity contribution in [3.05, 3.63) is 11.8 Å². The molecule has 0 bridgehead atoms. The molecule has 0 saturated carbocycles. The lowest BCUT2D eigenvalue weighted by atomic mass is 10.1. The van der Waals surface area contributed by atoms with Crippen molar-refractivity contribution in [2.45, 2.75) is 32.8 Å². The molecule has 0 amide bonds. The molecule has 15 heavy (non-hydrogen) atoms. The summed E-state index contributed by atoms with van der Waals surface area (Å²) in [7, 11) is 0. The van der Waals surface area contributed by atoms with Crippen LogP contribution in [-0.4, -0.2) is 24.3 Å². The van der Waals surface area contributed by atoms with Crippen LogP contribution in [0.25, 0.3) is 0 Å². The fraction of sp³-hybridized carbons (Fsp3) is 0.600. The SMILES string of the molecule is CC(=O)OCC/C=C1\OC(=O)OC1(C)C. The Labute approximate surface area is 88.0 Å². The maximum Gasteiger partial charge on any atom is 0.514 e. The second-order valence-corrected chi connectivity index (χ2v) is 3.66. The number of hydrogen-bond acceptors (Lipinski definition) is 5. The van der Waals surface area contributed by atoms with Crippen molar-refractivity contribution >= 4 is 12.1 Å². The summed E-state index contributed by atoms with van der Waals surface area (Å²) < 4.78 is 14.5. The predicted molar refractivity (Wildman–Crippen MR) is 51.0 cm³/mol. The quantitative estimate of drug-likeness (QED) is 0.529. The highest BCUT2D eigenvalue weighted by Gasteiger charge is 2.38. The lowest BCUT2D eigenvalue weighted by molar-refractivity contribution is -0.140. The summed E-state index contributed by atoms with van der Waals surface area (Å²) in [6.07, 6.45) is 1.49. The zero-order valence-corrected chi connectivity index (χ0v) is 9.03. The first-order valence-electron chi connectivity index (χ1n) is 4.66. The van der Waals surface area contributed by atoms with E-state index < -0.39 is 11.8 Å². The number of carbonyl (C=O) groups is 2. The lowest BCUT2D eigenvalue weighted by Crippen LogP contribution is -2.20. The summed E-state index contributed by atoms with van der Waals surface area (Å²) in [5.74, 6) is 0.131. The van der Waals surface area contributed by atoms with E-state index in [1.165, 1.54) is 6.92 Å². The Morgan fingerprint density at radius 2 is 2.20 bits per heavy atom. The van der Waals surface area contributed by atoms with Gasteiger partial charge >= 0.3 is 12.1 Å². The Bertz CT molecular complexity index is 303. The van der Waals surface area contributed by atoms with Gasteiger partial charge in [-0.1, -0.05) is 0 Å². The number of carbonyl (C=O) groups excluding carboxylic acids is 2. The molecule has 0 radical (unpaired) electrons. The van der Waals surface area contributed by atoms with Gasteiger partial charge in [-0.05, 0) is 19.9 Å². The molecule has 1 saturated heterocycles. The van der Waals surface area contributed by atoms with E-state index >= 15 is 0 Å². The first kappa shape index (κ1) is 11.6. The van der Waals surface area contributed by atoms with Gasteiger partial charge in [-0.3, -0.25) is 4.79 Å². The van der Waals surface area contributed by atoms with Gasteiger partial charge in [-0.15, -0.1) is 0 Å². The first-order chi connectivity index (χ1) is 6.92. The minimum atomic E-state index is -0.729. The summed E-state index contributed by atoms with van der Waals surface area (Å²) in [5.41, 5.74) is -0.729. The molecule has 1 heterocycles. The third-order valence-corrected chi connectivity index (χ3v) is 1.88. The van der Waals surface area contributed by atoms with Gasteiger partial charge < -0.3 is 14.2 Å².